The number of pyridine rings is 1. The fourth-order valence-corrected chi connectivity index (χ4v) is 6.07. The van der Waals surface area contributed by atoms with Crippen molar-refractivity contribution < 1.29 is 0 Å². The lowest BCUT2D eigenvalue weighted by molar-refractivity contribution is 0.491. The van der Waals surface area contributed by atoms with Gasteiger partial charge in [0.15, 0.2) is 0 Å². The molecule has 2 rings (SSSR count). The third kappa shape index (κ3) is 9.61. The van der Waals surface area contributed by atoms with Crippen LogP contribution in [0, 0.1) is 0 Å². The van der Waals surface area contributed by atoms with Gasteiger partial charge in [-0.1, -0.05) is 152 Å². The summed E-state index contributed by atoms with van der Waals surface area (Å²) < 4.78 is 0. The molecule has 0 atom stereocenters. The molecule has 0 amide bonds. The number of aromatic nitrogens is 3. The van der Waals surface area contributed by atoms with Crippen molar-refractivity contribution in [2.45, 2.75) is 204 Å². The fraction of sp³-hybridized carbons (Fsp3) is 0.775. The van der Waals surface area contributed by atoms with Crippen LogP contribution in [0.15, 0.2) is 0 Å². The van der Waals surface area contributed by atoms with E-state index in [2.05, 4.69) is 152 Å². The third-order valence-electron chi connectivity index (χ3n) is 7.94. The second kappa shape index (κ2) is 13.7. The zero-order valence-corrected chi connectivity index (χ0v) is 32.7. The lowest BCUT2D eigenvalue weighted by atomic mass is 9.69. The van der Waals surface area contributed by atoms with Gasteiger partial charge in [0.25, 0.3) is 0 Å². The van der Waals surface area contributed by atoms with E-state index in [1.807, 2.05) is 0 Å². The smallest absolute Gasteiger partial charge is 0.131 e. The highest BCUT2D eigenvalue weighted by Gasteiger charge is 2.35. The van der Waals surface area contributed by atoms with Crippen molar-refractivity contribution in [2.75, 3.05) is 0 Å². The van der Waals surface area contributed by atoms with E-state index in [0.29, 0.717) is 29.6 Å². The molecule has 0 radical (unpaired) electrons. The molecule has 0 saturated carbocycles. The Labute approximate surface area is 268 Å². The monoisotopic (exact) mass is 594 g/mol. The summed E-state index contributed by atoms with van der Waals surface area (Å²) in [6.07, 6.45) is 0. The van der Waals surface area contributed by atoms with E-state index in [0.717, 1.165) is 5.82 Å². The Bertz CT molecular complexity index is 1220. The molecule has 0 fully saturated rings. The van der Waals surface area contributed by atoms with E-state index in [1.54, 1.807) is 5.56 Å². The highest BCUT2D eigenvalue weighted by molar-refractivity contribution is 5.51. The summed E-state index contributed by atoms with van der Waals surface area (Å²) in [5.41, 5.74) is 11.2. The van der Waals surface area contributed by atoms with Crippen molar-refractivity contribution in [2.24, 2.45) is 0 Å². The minimum absolute atomic E-state index is 0.0405. The first-order valence-corrected chi connectivity index (χ1v) is 17.1. The molecule has 0 aromatic carbocycles. The zero-order chi connectivity index (χ0) is 34.2. The second-order valence-corrected chi connectivity index (χ2v) is 18.5. The lowest BCUT2D eigenvalue weighted by Crippen LogP contribution is -2.29. The van der Waals surface area contributed by atoms with Gasteiger partial charge >= 0.3 is 0 Å². The van der Waals surface area contributed by atoms with Crippen molar-refractivity contribution in [3.8, 4) is 0 Å². The van der Waals surface area contributed by atoms with Crippen LogP contribution in [0.4, 0.5) is 0 Å². The number of hydrogen-bond acceptors (Lipinski definition) is 3. The molecule has 2 aromatic rings. The molecule has 0 unspecified atom stereocenters. The van der Waals surface area contributed by atoms with Gasteiger partial charge in [-0.25, -0.2) is 9.97 Å². The first-order valence-electron chi connectivity index (χ1n) is 17.1. The lowest BCUT2D eigenvalue weighted by Gasteiger charge is -2.37. The topological polar surface area (TPSA) is 38.7 Å². The van der Waals surface area contributed by atoms with E-state index < -0.39 is 0 Å². The molecule has 0 aliphatic heterocycles. The van der Waals surface area contributed by atoms with Crippen LogP contribution in [-0.2, 0) is 21.7 Å². The van der Waals surface area contributed by atoms with Crippen molar-refractivity contribution in [3.63, 3.8) is 0 Å². The van der Waals surface area contributed by atoms with Crippen LogP contribution in [0.1, 0.15) is 233 Å². The standard InChI is InChI=1S/C22H39N.C18H32N2/c1-13(2)16-17(21(7,8)9)18(22(10,11)12)20(15(5)6)23-19(16)14(3)4;1-11(2)14-13(17(5,6)7)15(18(8,9)10)20-16(19-14)12(3)4/h13-15H,1-12H3;11-12H,1-10H3. The Morgan fingerprint density at radius 1 is 0.349 bits per heavy atom. The van der Waals surface area contributed by atoms with E-state index in [1.165, 1.54) is 39.5 Å². The van der Waals surface area contributed by atoms with Gasteiger partial charge in [-0.05, 0) is 56.6 Å². The Morgan fingerprint density at radius 2 is 0.721 bits per heavy atom. The summed E-state index contributed by atoms with van der Waals surface area (Å²) in [6, 6.07) is 0. The van der Waals surface area contributed by atoms with Crippen molar-refractivity contribution in [1.82, 2.24) is 15.0 Å². The maximum atomic E-state index is 5.23. The second-order valence-electron chi connectivity index (χ2n) is 18.5. The maximum Gasteiger partial charge on any atom is 0.131 e. The summed E-state index contributed by atoms with van der Waals surface area (Å²) in [6.45, 7) is 50.2. The van der Waals surface area contributed by atoms with Crippen LogP contribution in [0.5, 0.6) is 0 Å². The zero-order valence-electron chi connectivity index (χ0n) is 32.7. The highest BCUT2D eigenvalue weighted by Crippen LogP contribution is 2.44. The van der Waals surface area contributed by atoms with Crippen molar-refractivity contribution in [3.05, 3.63) is 50.9 Å². The number of rotatable bonds is 5. The SMILES string of the molecule is CC(C)c1nc(C(C)C)c(C(C)(C)C)c(C(C)(C)C)c1C(C)C.CC(C)c1nc(C(C)C)c(C(C)(C)C)c(C(C)(C)C)n1. The Balaban J connectivity index is 0.000000434. The van der Waals surface area contributed by atoms with E-state index in [-0.39, 0.29) is 21.7 Å². The van der Waals surface area contributed by atoms with Crippen LogP contribution in [0.25, 0.3) is 0 Å². The molecule has 0 N–H and O–H groups in total. The molecule has 0 spiro atoms. The van der Waals surface area contributed by atoms with Crippen LogP contribution in [0.2, 0.25) is 0 Å². The van der Waals surface area contributed by atoms with Crippen LogP contribution in [0.3, 0.4) is 0 Å². The summed E-state index contributed by atoms with van der Waals surface area (Å²) in [5, 5.41) is 0. The van der Waals surface area contributed by atoms with E-state index >= 15 is 0 Å². The predicted octanol–water partition coefficient (Wildman–Crippen LogP) is 12.4. The molecular formula is C40H71N3. The van der Waals surface area contributed by atoms with Gasteiger partial charge in [0.1, 0.15) is 5.82 Å². The van der Waals surface area contributed by atoms with Crippen LogP contribution >= 0.6 is 0 Å². The molecule has 246 valence electrons. The van der Waals surface area contributed by atoms with Crippen molar-refractivity contribution in [1.29, 1.82) is 0 Å². The fourth-order valence-electron chi connectivity index (χ4n) is 6.07. The first-order chi connectivity index (χ1) is 19.0. The summed E-state index contributed by atoms with van der Waals surface area (Å²) in [7, 11) is 0. The molecule has 3 nitrogen and oxygen atoms in total. The van der Waals surface area contributed by atoms with Gasteiger partial charge in [-0.2, -0.15) is 0 Å². The Hall–Kier alpha value is -1.77. The molecular weight excluding hydrogens is 522 g/mol. The Morgan fingerprint density at radius 3 is 1.00 bits per heavy atom. The van der Waals surface area contributed by atoms with Gasteiger partial charge in [0, 0.05) is 28.3 Å². The quantitative estimate of drug-likeness (QED) is 0.346. The van der Waals surface area contributed by atoms with Crippen LogP contribution < -0.4 is 0 Å². The highest BCUT2D eigenvalue weighted by atomic mass is 14.9. The van der Waals surface area contributed by atoms with Crippen LogP contribution in [-0.4, -0.2) is 15.0 Å². The van der Waals surface area contributed by atoms with Gasteiger partial charge < -0.3 is 0 Å². The van der Waals surface area contributed by atoms with Gasteiger partial charge in [-0.15, -0.1) is 0 Å². The normalized spacial score (nSPS) is 13.5. The molecule has 2 heterocycles. The molecule has 0 aliphatic carbocycles. The van der Waals surface area contributed by atoms with Gasteiger partial charge in [0.05, 0.1) is 11.4 Å². The van der Waals surface area contributed by atoms with Gasteiger partial charge in [0.2, 0.25) is 0 Å². The number of hydrogen-bond donors (Lipinski definition) is 0. The summed E-state index contributed by atoms with van der Waals surface area (Å²) >= 11 is 0. The molecule has 0 bridgehead atoms. The molecule has 2 aromatic heterocycles. The summed E-state index contributed by atoms with van der Waals surface area (Å²) in [5.74, 6) is 3.17. The third-order valence-corrected chi connectivity index (χ3v) is 7.94. The minimum Gasteiger partial charge on any atom is -0.257 e. The molecule has 0 saturated heterocycles. The van der Waals surface area contributed by atoms with Crippen molar-refractivity contribution >= 4 is 0 Å². The van der Waals surface area contributed by atoms with E-state index in [9.17, 15) is 0 Å². The van der Waals surface area contributed by atoms with E-state index in [4.69, 9.17) is 15.0 Å². The Kier molecular flexibility index (Phi) is 12.5. The first kappa shape index (κ1) is 39.3. The maximum absolute atomic E-state index is 5.23. The molecule has 0 aliphatic rings. The number of nitrogens with zero attached hydrogens (tertiary/aromatic N) is 3. The predicted molar refractivity (Wildman–Crippen MR) is 192 cm³/mol. The van der Waals surface area contributed by atoms with Gasteiger partial charge in [-0.3, -0.25) is 4.98 Å². The minimum atomic E-state index is 0.0405. The average Bonchev–Trinajstić information content (AvgIpc) is 2.79. The largest absolute Gasteiger partial charge is 0.257 e. The average molecular weight is 594 g/mol. The molecule has 3 heteroatoms. The summed E-state index contributed by atoms with van der Waals surface area (Å²) in [4.78, 5) is 15.1. The molecule has 43 heavy (non-hydrogen) atoms.